The molecule has 70 valence electrons. The molecule has 14 heavy (non-hydrogen) atoms. The van der Waals surface area contributed by atoms with Crippen molar-refractivity contribution in [2.45, 2.75) is 13.5 Å². The van der Waals surface area contributed by atoms with Gasteiger partial charge in [-0.1, -0.05) is 15.9 Å². The molecular weight excluding hydrogens is 240 g/mol. The molecule has 0 unspecified atom stereocenters. The Morgan fingerprint density at radius 3 is 2.93 bits per heavy atom. The van der Waals surface area contributed by atoms with Gasteiger partial charge in [-0.05, 0) is 25.1 Å². The maximum absolute atomic E-state index is 8.96. The van der Waals surface area contributed by atoms with Gasteiger partial charge < -0.3 is 4.57 Å². The number of hydrogen-bond donors (Lipinski definition) is 0. The normalized spacial score (nSPS) is 10.4. The number of rotatable bonds is 1. The highest BCUT2D eigenvalue weighted by Gasteiger charge is 2.06. The summed E-state index contributed by atoms with van der Waals surface area (Å²) in [6.07, 6.45) is 1.90. The van der Waals surface area contributed by atoms with Crippen molar-refractivity contribution in [1.29, 1.82) is 5.26 Å². The molecule has 2 nitrogen and oxygen atoms in total. The van der Waals surface area contributed by atoms with Crippen LogP contribution in [0.4, 0.5) is 0 Å². The zero-order valence-corrected chi connectivity index (χ0v) is 9.37. The molecule has 0 aliphatic heterocycles. The zero-order chi connectivity index (χ0) is 10.1. The minimum atomic E-state index is 0.739. The van der Waals surface area contributed by atoms with E-state index in [1.54, 1.807) is 0 Å². The van der Waals surface area contributed by atoms with Gasteiger partial charge in [-0.3, -0.25) is 0 Å². The van der Waals surface area contributed by atoms with Crippen LogP contribution < -0.4 is 0 Å². The Morgan fingerprint density at radius 2 is 2.29 bits per heavy atom. The maximum Gasteiger partial charge on any atom is 0.101 e. The molecule has 0 aliphatic carbocycles. The fraction of sp³-hybridized carbons (Fsp3) is 0.182. The van der Waals surface area contributed by atoms with E-state index in [1.807, 2.05) is 24.4 Å². The largest absolute Gasteiger partial charge is 0.346 e. The van der Waals surface area contributed by atoms with E-state index in [0.29, 0.717) is 0 Å². The van der Waals surface area contributed by atoms with Crippen LogP contribution in [0.1, 0.15) is 12.5 Å². The third-order valence-corrected chi connectivity index (χ3v) is 2.80. The van der Waals surface area contributed by atoms with Gasteiger partial charge in [0, 0.05) is 28.1 Å². The molecule has 0 spiro atoms. The zero-order valence-electron chi connectivity index (χ0n) is 7.79. The first-order valence-corrected chi connectivity index (χ1v) is 5.24. The molecule has 0 atom stereocenters. The van der Waals surface area contributed by atoms with Crippen molar-refractivity contribution >= 4 is 26.8 Å². The molecule has 0 saturated heterocycles. The molecule has 0 radical (unpaired) electrons. The molecule has 0 amide bonds. The van der Waals surface area contributed by atoms with Crippen LogP contribution >= 0.6 is 15.9 Å². The Kier molecular flexibility index (Phi) is 2.30. The highest BCUT2D eigenvalue weighted by atomic mass is 79.9. The highest BCUT2D eigenvalue weighted by molar-refractivity contribution is 9.10. The second-order valence-electron chi connectivity index (χ2n) is 3.10. The predicted octanol–water partition coefficient (Wildman–Crippen LogP) is 3.30. The lowest BCUT2D eigenvalue weighted by molar-refractivity contribution is 0.796. The first kappa shape index (κ1) is 9.29. The molecule has 2 aromatic rings. The molecular formula is C11H9BrN2. The van der Waals surface area contributed by atoms with E-state index in [1.165, 1.54) is 0 Å². The summed E-state index contributed by atoms with van der Waals surface area (Å²) in [6, 6.07) is 8.22. The Labute approximate surface area is 90.9 Å². The molecule has 3 heteroatoms. The van der Waals surface area contributed by atoms with E-state index in [0.717, 1.165) is 27.5 Å². The van der Waals surface area contributed by atoms with Crippen LogP contribution in [0.25, 0.3) is 10.9 Å². The number of fused-ring (bicyclic) bond motifs is 1. The minimum Gasteiger partial charge on any atom is -0.346 e. The van der Waals surface area contributed by atoms with Gasteiger partial charge in [-0.15, -0.1) is 0 Å². The molecule has 0 bridgehead atoms. The number of nitrogens with zero attached hydrogens (tertiary/aromatic N) is 2. The summed E-state index contributed by atoms with van der Waals surface area (Å²) in [6.45, 7) is 2.96. The van der Waals surface area contributed by atoms with E-state index < -0.39 is 0 Å². The van der Waals surface area contributed by atoms with E-state index in [4.69, 9.17) is 5.26 Å². The average Bonchev–Trinajstić information content (AvgIpc) is 2.55. The van der Waals surface area contributed by atoms with Crippen molar-refractivity contribution in [3.8, 4) is 6.07 Å². The first-order valence-electron chi connectivity index (χ1n) is 4.44. The second-order valence-corrected chi connectivity index (χ2v) is 4.02. The molecule has 0 fully saturated rings. The Bertz CT molecular complexity index is 520. The Hall–Kier alpha value is -1.27. The Morgan fingerprint density at radius 1 is 1.50 bits per heavy atom. The lowest BCUT2D eigenvalue weighted by Crippen LogP contribution is -1.89. The van der Waals surface area contributed by atoms with E-state index in [2.05, 4.69) is 33.5 Å². The standard InChI is InChI=1S/C11H9BrN2/c1-2-14-7-8(6-13)10-5-9(12)3-4-11(10)14/h3-5,7H,2H2,1H3. The molecule has 1 heterocycles. The van der Waals surface area contributed by atoms with Crippen molar-refractivity contribution in [3.05, 3.63) is 34.4 Å². The van der Waals surface area contributed by atoms with Gasteiger partial charge in [-0.2, -0.15) is 5.26 Å². The quantitative estimate of drug-likeness (QED) is 0.762. The van der Waals surface area contributed by atoms with E-state index in [-0.39, 0.29) is 0 Å². The van der Waals surface area contributed by atoms with Gasteiger partial charge in [0.15, 0.2) is 0 Å². The van der Waals surface area contributed by atoms with Gasteiger partial charge in [0.25, 0.3) is 0 Å². The summed E-state index contributed by atoms with van der Waals surface area (Å²) in [5.74, 6) is 0. The monoisotopic (exact) mass is 248 g/mol. The number of benzene rings is 1. The molecule has 1 aromatic carbocycles. The molecule has 0 N–H and O–H groups in total. The molecule has 0 aliphatic rings. The van der Waals surface area contributed by atoms with Gasteiger partial charge in [0.2, 0.25) is 0 Å². The predicted molar refractivity (Wildman–Crippen MR) is 60.0 cm³/mol. The van der Waals surface area contributed by atoms with E-state index in [9.17, 15) is 0 Å². The van der Waals surface area contributed by atoms with E-state index >= 15 is 0 Å². The first-order chi connectivity index (χ1) is 6.76. The smallest absolute Gasteiger partial charge is 0.101 e. The number of hydrogen-bond acceptors (Lipinski definition) is 1. The van der Waals surface area contributed by atoms with Crippen molar-refractivity contribution in [2.75, 3.05) is 0 Å². The summed E-state index contributed by atoms with van der Waals surface area (Å²) in [5, 5.41) is 9.97. The lowest BCUT2D eigenvalue weighted by atomic mass is 10.2. The van der Waals surface area contributed by atoms with Crippen LogP contribution in [0.3, 0.4) is 0 Å². The van der Waals surface area contributed by atoms with Crippen molar-refractivity contribution < 1.29 is 0 Å². The molecule has 1 aromatic heterocycles. The van der Waals surface area contributed by atoms with Crippen LogP contribution in [0.15, 0.2) is 28.9 Å². The van der Waals surface area contributed by atoms with Crippen molar-refractivity contribution in [1.82, 2.24) is 4.57 Å². The fourth-order valence-corrected chi connectivity index (χ4v) is 1.98. The van der Waals surface area contributed by atoms with Gasteiger partial charge in [0.05, 0.1) is 5.56 Å². The van der Waals surface area contributed by atoms with Gasteiger partial charge in [-0.25, -0.2) is 0 Å². The highest BCUT2D eigenvalue weighted by Crippen LogP contribution is 2.24. The summed E-state index contributed by atoms with van der Waals surface area (Å²) >= 11 is 3.41. The van der Waals surface area contributed by atoms with Crippen LogP contribution in [0.5, 0.6) is 0 Å². The van der Waals surface area contributed by atoms with Crippen LogP contribution in [0.2, 0.25) is 0 Å². The van der Waals surface area contributed by atoms with Gasteiger partial charge >= 0.3 is 0 Å². The van der Waals surface area contributed by atoms with Gasteiger partial charge in [0.1, 0.15) is 6.07 Å². The minimum absolute atomic E-state index is 0.739. The fourth-order valence-electron chi connectivity index (χ4n) is 1.62. The van der Waals surface area contributed by atoms with Crippen LogP contribution in [-0.4, -0.2) is 4.57 Å². The number of halogens is 1. The summed E-state index contributed by atoms with van der Waals surface area (Å²) < 4.78 is 3.09. The summed E-state index contributed by atoms with van der Waals surface area (Å²) in [4.78, 5) is 0. The molecule has 0 saturated carbocycles. The third kappa shape index (κ3) is 1.32. The Balaban J connectivity index is 2.84. The lowest BCUT2D eigenvalue weighted by Gasteiger charge is -1.99. The second kappa shape index (κ2) is 3.47. The van der Waals surface area contributed by atoms with Crippen molar-refractivity contribution in [2.24, 2.45) is 0 Å². The molecule has 2 rings (SSSR count). The number of aromatic nitrogens is 1. The van der Waals surface area contributed by atoms with Crippen molar-refractivity contribution in [3.63, 3.8) is 0 Å². The maximum atomic E-state index is 8.96. The van der Waals surface area contributed by atoms with Crippen LogP contribution in [0, 0.1) is 11.3 Å². The third-order valence-electron chi connectivity index (χ3n) is 2.30. The summed E-state index contributed by atoms with van der Waals surface area (Å²) in [5.41, 5.74) is 1.86. The topological polar surface area (TPSA) is 28.7 Å². The SMILES string of the molecule is CCn1cc(C#N)c2cc(Br)ccc21. The van der Waals surface area contributed by atoms with Crippen LogP contribution in [-0.2, 0) is 6.54 Å². The average molecular weight is 249 g/mol. The number of aryl methyl sites for hydroxylation is 1. The number of nitriles is 1. The summed E-state index contributed by atoms with van der Waals surface area (Å²) in [7, 11) is 0.